The quantitative estimate of drug-likeness (QED) is 0.865. The molecule has 0 radical (unpaired) electrons. The highest BCUT2D eigenvalue weighted by atomic mass is 19.1. The average Bonchev–Trinajstić information content (AvgIpc) is 2.57. The molecule has 2 heterocycles. The van der Waals surface area contributed by atoms with Crippen molar-refractivity contribution in [1.82, 2.24) is 4.98 Å². The van der Waals surface area contributed by atoms with Crippen LogP contribution in [0, 0.1) is 11.6 Å². The number of hydrogen-bond donors (Lipinski definition) is 1. The zero-order valence-electron chi connectivity index (χ0n) is 13.6. The van der Waals surface area contributed by atoms with E-state index in [1.54, 1.807) is 13.0 Å². The highest BCUT2D eigenvalue weighted by Gasteiger charge is 2.33. The highest BCUT2D eigenvalue weighted by Crippen LogP contribution is 2.34. The van der Waals surface area contributed by atoms with Crippen LogP contribution in [0.2, 0.25) is 0 Å². The van der Waals surface area contributed by atoms with E-state index in [4.69, 9.17) is 10.5 Å². The number of halogens is 2. The SMILES string of the molecule is C[C@@]1(c2cc(CC(=O)c3ccc(F)cn3)ccc2F)CCOC(N)=N1. The Morgan fingerprint density at radius 1 is 1.32 bits per heavy atom. The third-order valence-corrected chi connectivity index (χ3v) is 4.18. The number of carbonyl (C=O) groups excluding carboxylic acids is 1. The molecule has 130 valence electrons. The summed E-state index contributed by atoms with van der Waals surface area (Å²) in [6.07, 6.45) is 1.49. The van der Waals surface area contributed by atoms with E-state index in [0.29, 0.717) is 24.2 Å². The van der Waals surface area contributed by atoms with Crippen LogP contribution in [0.25, 0.3) is 0 Å². The molecule has 0 bridgehead atoms. The third kappa shape index (κ3) is 3.65. The lowest BCUT2D eigenvalue weighted by atomic mass is 9.87. The number of aromatic nitrogens is 1. The largest absolute Gasteiger partial charge is 0.465 e. The second kappa shape index (κ2) is 6.58. The first-order chi connectivity index (χ1) is 11.9. The van der Waals surface area contributed by atoms with Crippen molar-refractivity contribution < 1.29 is 18.3 Å². The molecule has 0 unspecified atom stereocenters. The summed E-state index contributed by atoms with van der Waals surface area (Å²) < 4.78 is 32.4. The summed E-state index contributed by atoms with van der Waals surface area (Å²) >= 11 is 0. The molecule has 7 heteroatoms. The fourth-order valence-electron chi connectivity index (χ4n) is 2.79. The Labute approximate surface area is 143 Å². The van der Waals surface area contributed by atoms with E-state index in [-0.39, 0.29) is 23.9 Å². The Hall–Kier alpha value is -2.83. The van der Waals surface area contributed by atoms with Gasteiger partial charge in [0.05, 0.1) is 18.3 Å². The summed E-state index contributed by atoms with van der Waals surface area (Å²) in [6.45, 7) is 2.11. The molecule has 1 aliphatic rings. The molecular formula is C18H17F2N3O2. The molecule has 0 amide bonds. The van der Waals surface area contributed by atoms with Crippen LogP contribution in [-0.2, 0) is 16.7 Å². The minimum atomic E-state index is -0.848. The Bertz CT molecular complexity index is 837. The van der Waals surface area contributed by atoms with Gasteiger partial charge in [-0.15, -0.1) is 0 Å². The number of benzene rings is 1. The van der Waals surface area contributed by atoms with Crippen LogP contribution >= 0.6 is 0 Å². The van der Waals surface area contributed by atoms with E-state index in [1.165, 1.54) is 24.3 Å². The Kier molecular flexibility index (Phi) is 4.48. The Morgan fingerprint density at radius 2 is 2.12 bits per heavy atom. The van der Waals surface area contributed by atoms with Gasteiger partial charge in [0.15, 0.2) is 5.78 Å². The van der Waals surface area contributed by atoms with Gasteiger partial charge < -0.3 is 10.5 Å². The maximum Gasteiger partial charge on any atom is 0.282 e. The van der Waals surface area contributed by atoms with Crippen molar-refractivity contribution in [3.8, 4) is 0 Å². The number of aliphatic imine (C=N–C) groups is 1. The zero-order chi connectivity index (χ0) is 18.0. The molecule has 0 saturated carbocycles. The van der Waals surface area contributed by atoms with Crippen molar-refractivity contribution >= 4 is 11.8 Å². The van der Waals surface area contributed by atoms with Crippen molar-refractivity contribution in [3.63, 3.8) is 0 Å². The number of pyridine rings is 1. The number of amidine groups is 1. The standard InChI is InChI=1S/C18H17F2N3O2/c1-18(6-7-25-17(21)23-18)13-8-11(2-4-14(13)20)9-16(24)15-5-3-12(19)10-22-15/h2-5,8,10H,6-7,9H2,1H3,(H2,21,23)/t18-/m0/s1. The molecule has 0 saturated heterocycles. The van der Waals surface area contributed by atoms with Gasteiger partial charge in [0.25, 0.3) is 6.02 Å². The minimum Gasteiger partial charge on any atom is -0.465 e. The number of nitrogens with zero attached hydrogens (tertiary/aromatic N) is 2. The molecule has 25 heavy (non-hydrogen) atoms. The maximum absolute atomic E-state index is 14.3. The van der Waals surface area contributed by atoms with Gasteiger partial charge in [0.2, 0.25) is 0 Å². The lowest BCUT2D eigenvalue weighted by Gasteiger charge is -2.30. The van der Waals surface area contributed by atoms with Gasteiger partial charge >= 0.3 is 0 Å². The number of ketones is 1. The number of hydrogen-bond acceptors (Lipinski definition) is 5. The summed E-state index contributed by atoms with van der Waals surface area (Å²) in [6, 6.07) is 6.98. The topological polar surface area (TPSA) is 77.6 Å². The fourth-order valence-corrected chi connectivity index (χ4v) is 2.79. The molecule has 1 atom stereocenters. The normalized spacial score (nSPS) is 19.9. The van der Waals surface area contributed by atoms with Crippen molar-refractivity contribution in [2.24, 2.45) is 10.7 Å². The summed E-state index contributed by atoms with van der Waals surface area (Å²) in [5, 5.41) is 0. The summed E-state index contributed by atoms with van der Waals surface area (Å²) in [5.41, 5.74) is 5.91. The predicted octanol–water partition coefficient (Wildman–Crippen LogP) is 2.74. The van der Waals surface area contributed by atoms with Crippen LogP contribution in [0.15, 0.2) is 41.5 Å². The molecule has 1 aromatic heterocycles. The van der Waals surface area contributed by atoms with Crippen LogP contribution in [-0.4, -0.2) is 23.4 Å². The number of carbonyl (C=O) groups is 1. The molecule has 2 aromatic rings. The number of Topliss-reactive ketones (excluding diaryl/α,β-unsaturated/α-hetero) is 1. The van der Waals surface area contributed by atoms with E-state index in [9.17, 15) is 13.6 Å². The molecule has 5 nitrogen and oxygen atoms in total. The first kappa shape index (κ1) is 17.0. The maximum atomic E-state index is 14.3. The minimum absolute atomic E-state index is 0.0186. The molecular weight excluding hydrogens is 328 g/mol. The average molecular weight is 345 g/mol. The second-order valence-corrected chi connectivity index (χ2v) is 6.10. The van der Waals surface area contributed by atoms with Gasteiger partial charge in [-0.25, -0.2) is 13.8 Å². The molecule has 1 aliphatic heterocycles. The van der Waals surface area contributed by atoms with Gasteiger partial charge in [0.1, 0.15) is 17.3 Å². The van der Waals surface area contributed by atoms with Crippen molar-refractivity contribution in [1.29, 1.82) is 0 Å². The van der Waals surface area contributed by atoms with Crippen molar-refractivity contribution in [2.45, 2.75) is 25.3 Å². The number of rotatable bonds is 4. The van der Waals surface area contributed by atoms with Crippen LogP contribution in [0.4, 0.5) is 8.78 Å². The van der Waals surface area contributed by atoms with Crippen molar-refractivity contribution in [3.05, 3.63) is 65.0 Å². The van der Waals surface area contributed by atoms with E-state index in [2.05, 4.69) is 9.98 Å². The van der Waals surface area contributed by atoms with Gasteiger partial charge in [-0.05, 0) is 36.8 Å². The monoisotopic (exact) mass is 345 g/mol. The van der Waals surface area contributed by atoms with Crippen LogP contribution in [0.1, 0.15) is 35.0 Å². The van der Waals surface area contributed by atoms with Crippen LogP contribution in [0.5, 0.6) is 0 Å². The zero-order valence-corrected chi connectivity index (χ0v) is 13.6. The number of ether oxygens (including phenoxy) is 1. The summed E-state index contributed by atoms with van der Waals surface area (Å²) in [4.78, 5) is 20.3. The smallest absolute Gasteiger partial charge is 0.282 e. The fraction of sp³-hybridized carbons (Fsp3) is 0.278. The lowest BCUT2D eigenvalue weighted by Crippen LogP contribution is -2.34. The Balaban J connectivity index is 1.88. The molecule has 1 aromatic carbocycles. The first-order valence-electron chi connectivity index (χ1n) is 7.79. The molecule has 2 N–H and O–H groups in total. The van der Waals surface area contributed by atoms with Crippen LogP contribution in [0.3, 0.4) is 0 Å². The summed E-state index contributed by atoms with van der Waals surface area (Å²) in [5.74, 6) is -1.21. The van der Waals surface area contributed by atoms with Crippen LogP contribution < -0.4 is 5.73 Å². The Morgan fingerprint density at radius 3 is 2.80 bits per heavy atom. The van der Waals surface area contributed by atoms with Gasteiger partial charge in [0, 0.05) is 18.4 Å². The molecule has 0 spiro atoms. The summed E-state index contributed by atoms with van der Waals surface area (Å²) in [7, 11) is 0. The van der Waals surface area contributed by atoms with Gasteiger partial charge in [-0.2, -0.15) is 0 Å². The molecule has 0 aliphatic carbocycles. The first-order valence-corrected chi connectivity index (χ1v) is 7.79. The van der Waals surface area contributed by atoms with E-state index < -0.39 is 17.2 Å². The number of nitrogens with two attached hydrogens (primary N) is 1. The highest BCUT2D eigenvalue weighted by molar-refractivity contribution is 5.95. The third-order valence-electron chi connectivity index (χ3n) is 4.18. The molecule has 3 rings (SSSR count). The lowest BCUT2D eigenvalue weighted by molar-refractivity contribution is 0.0988. The van der Waals surface area contributed by atoms with E-state index in [1.807, 2.05) is 0 Å². The van der Waals surface area contributed by atoms with E-state index in [0.717, 1.165) is 6.20 Å². The van der Waals surface area contributed by atoms with Gasteiger partial charge in [-0.3, -0.25) is 9.78 Å². The van der Waals surface area contributed by atoms with E-state index >= 15 is 0 Å². The molecule has 0 fully saturated rings. The van der Waals surface area contributed by atoms with Crippen molar-refractivity contribution in [2.75, 3.05) is 6.61 Å². The predicted molar refractivity (Wildman–Crippen MR) is 88.2 cm³/mol. The van der Waals surface area contributed by atoms with Gasteiger partial charge in [-0.1, -0.05) is 6.07 Å². The second-order valence-electron chi connectivity index (χ2n) is 6.10.